The third-order valence-electron chi connectivity index (χ3n) is 3.44. The van der Waals surface area contributed by atoms with Crippen LogP contribution >= 0.6 is 0 Å². The van der Waals surface area contributed by atoms with Gasteiger partial charge in [0.25, 0.3) is 0 Å². The molecule has 2 aromatic rings. The van der Waals surface area contributed by atoms with Crippen LogP contribution in [0.4, 0.5) is 0 Å². The quantitative estimate of drug-likeness (QED) is 0.663. The monoisotopic (exact) mass is 251 g/mol. The molecule has 0 fully saturated rings. The highest BCUT2D eigenvalue weighted by molar-refractivity contribution is 6.24. The van der Waals surface area contributed by atoms with Crippen LogP contribution in [-0.4, -0.2) is 11.8 Å². The Labute approximate surface area is 110 Å². The zero-order valence-corrected chi connectivity index (χ0v) is 10.6. The number of benzene rings is 2. The molecule has 3 rings (SSSR count). The van der Waals surface area contributed by atoms with E-state index < -0.39 is 5.97 Å². The summed E-state index contributed by atoms with van der Waals surface area (Å²) < 4.78 is 0. The van der Waals surface area contributed by atoms with Gasteiger partial charge in [0.1, 0.15) is 0 Å². The van der Waals surface area contributed by atoms with Gasteiger partial charge in [-0.1, -0.05) is 17.7 Å². The lowest BCUT2D eigenvalue weighted by atomic mass is 9.97. The van der Waals surface area contributed by atoms with Crippen molar-refractivity contribution in [2.45, 2.75) is 13.8 Å². The Morgan fingerprint density at radius 2 is 1.63 bits per heavy atom. The molecule has 0 radical (unpaired) electrons. The number of aryl methyl sites for hydroxylation is 2. The van der Waals surface area contributed by atoms with Gasteiger partial charge in [-0.15, -0.1) is 0 Å². The van der Waals surface area contributed by atoms with Gasteiger partial charge in [-0.2, -0.15) is 0 Å². The first-order valence-corrected chi connectivity index (χ1v) is 6.01. The number of carboxylic acid groups (broad SMARTS) is 1. The van der Waals surface area contributed by atoms with Crippen molar-refractivity contribution >= 4 is 11.8 Å². The summed E-state index contributed by atoms with van der Waals surface area (Å²) in [6.07, 6.45) is 0. The van der Waals surface area contributed by atoms with Gasteiger partial charge in [0, 0.05) is 22.3 Å². The average molecular weight is 251 g/mol. The molecule has 0 saturated heterocycles. The van der Waals surface area contributed by atoms with E-state index in [9.17, 15) is 14.7 Å². The minimum atomic E-state index is -1.25. The van der Waals surface area contributed by atoms with E-state index in [1.165, 1.54) is 0 Å². The molecule has 94 valence electrons. The van der Waals surface area contributed by atoms with Gasteiger partial charge in [-0.25, -0.2) is 0 Å². The molecule has 1 aliphatic carbocycles. The van der Waals surface area contributed by atoms with Crippen LogP contribution in [0.5, 0.6) is 0 Å². The molecule has 0 spiro atoms. The number of carbonyl (C=O) groups is 2. The van der Waals surface area contributed by atoms with Gasteiger partial charge in [0.15, 0.2) is 5.78 Å². The molecule has 2 aromatic carbocycles. The number of carboxylic acids is 1. The topological polar surface area (TPSA) is 57.2 Å². The number of rotatable bonds is 1. The number of aromatic carboxylic acids is 1. The van der Waals surface area contributed by atoms with Crippen molar-refractivity contribution in [3.8, 4) is 11.1 Å². The van der Waals surface area contributed by atoms with Gasteiger partial charge in [-0.05, 0) is 43.2 Å². The van der Waals surface area contributed by atoms with E-state index in [4.69, 9.17) is 0 Å². The van der Waals surface area contributed by atoms with Crippen molar-refractivity contribution in [3.05, 3.63) is 58.1 Å². The van der Waals surface area contributed by atoms with E-state index in [0.717, 1.165) is 11.1 Å². The van der Waals surface area contributed by atoms with Crippen molar-refractivity contribution in [2.24, 2.45) is 0 Å². The molecule has 0 atom stereocenters. The van der Waals surface area contributed by atoms with Crippen molar-refractivity contribution in [1.82, 2.24) is 0 Å². The zero-order chi connectivity index (χ0) is 13.7. The summed E-state index contributed by atoms with van der Waals surface area (Å²) in [6, 6.07) is 8.76. The predicted octanol–water partition coefficient (Wildman–Crippen LogP) is 1.88. The second kappa shape index (κ2) is 3.79. The van der Waals surface area contributed by atoms with Gasteiger partial charge in [0.05, 0.1) is 5.97 Å². The zero-order valence-electron chi connectivity index (χ0n) is 10.6. The molecular formula is C16H11O3-. The van der Waals surface area contributed by atoms with E-state index in [0.29, 0.717) is 22.3 Å². The number of hydrogen-bond donors (Lipinski definition) is 0. The third kappa shape index (κ3) is 1.58. The largest absolute Gasteiger partial charge is 0.545 e. The predicted molar refractivity (Wildman–Crippen MR) is 69.1 cm³/mol. The molecule has 3 nitrogen and oxygen atoms in total. The lowest BCUT2D eigenvalue weighted by Crippen LogP contribution is -2.23. The third-order valence-corrected chi connectivity index (χ3v) is 3.44. The highest BCUT2D eigenvalue weighted by atomic mass is 16.4. The Hall–Kier alpha value is -2.42. The highest BCUT2D eigenvalue weighted by Crippen LogP contribution is 2.39. The highest BCUT2D eigenvalue weighted by Gasteiger charge is 2.29. The summed E-state index contributed by atoms with van der Waals surface area (Å²) in [6.45, 7) is 3.68. The molecule has 0 heterocycles. The second-order valence-corrected chi connectivity index (χ2v) is 4.90. The number of carbonyl (C=O) groups excluding carboxylic acids is 2. The standard InChI is InChI=1S/C16H12O3/c1-8-3-4-10-11(5-8)15(17)12-6-9(2)7-13(14(10)12)16(18)19/h3-7H,1-2H3,(H,18,19)/p-1. The van der Waals surface area contributed by atoms with Crippen molar-refractivity contribution in [2.75, 3.05) is 0 Å². The lowest BCUT2D eigenvalue weighted by Gasteiger charge is -2.11. The first-order chi connectivity index (χ1) is 8.99. The fourth-order valence-corrected chi connectivity index (χ4v) is 2.63. The normalized spacial score (nSPS) is 12.2. The molecule has 0 aromatic heterocycles. The Morgan fingerprint density at radius 3 is 2.32 bits per heavy atom. The van der Waals surface area contributed by atoms with Gasteiger partial charge in [0.2, 0.25) is 0 Å². The van der Waals surface area contributed by atoms with Crippen LogP contribution < -0.4 is 5.11 Å². The number of ketones is 1. The van der Waals surface area contributed by atoms with Crippen LogP contribution in [0.3, 0.4) is 0 Å². The summed E-state index contributed by atoms with van der Waals surface area (Å²) in [5, 5.41) is 11.3. The van der Waals surface area contributed by atoms with Crippen molar-refractivity contribution in [3.63, 3.8) is 0 Å². The number of hydrogen-bond acceptors (Lipinski definition) is 3. The van der Waals surface area contributed by atoms with E-state index in [-0.39, 0.29) is 11.3 Å². The first kappa shape index (κ1) is 11.7. The van der Waals surface area contributed by atoms with E-state index >= 15 is 0 Å². The van der Waals surface area contributed by atoms with Gasteiger partial charge < -0.3 is 9.90 Å². The molecule has 0 N–H and O–H groups in total. The molecule has 0 saturated carbocycles. The Kier molecular flexibility index (Phi) is 2.32. The average Bonchev–Trinajstić information content (AvgIpc) is 2.62. The smallest absolute Gasteiger partial charge is 0.194 e. The summed E-state index contributed by atoms with van der Waals surface area (Å²) >= 11 is 0. The van der Waals surface area contributed by atoms with Crippen LogP contribution in [0.15, 0.2) is 30.3 Å². The van der Waals surface area contributed by atoms with Crippen LogP contribution in [0.2, 0.25) is 0 Å². The van der Waals surface area contributed by atoms with Crippen LogP contribution in [0, 0.1) is 13.8 Å². The van der Waals surface area contributed by atoms with Crippen molar-refractivity contribution in [1.29, 1.82) is 0 Å². The molecular weight excluding hydrogens is 240 g/mol. The SMILES string of the molecule is Cc1ccc2c(c1)C(=O)c1cc(C)cc(C(=O)[O-])c1-2. The Bertz CT molecular complexity index is 742. The molecule has 0 aliphatic heterocycles. The second-order valence-electron chi connectivity index (χ2n) is 4.90. The maximum absolute atomic E-state index is 12.4. The van der Waals surface area contributed by atoms with E-state index in [1.54, 1.807) is 31.2 Å². The molecule has 0 unspecified atom stereocenters. The molecule has 0 amide bonds. The Balaban J connectivity index is 2.41. The summed E-state index contributed by atoms with van der Waals surface area (Å²) in [4.78, 5) is 23.6. The molecule has 0 bridgehead atoms. The molecule has 3 heteroatoms. The van der Waals surface area contributed by atoms with Gasteiger partial charge in [-0.3, -0.25) is 4.79 Å². The number of fused-ring (bicyclic) bond motifs is 3. The maximum Gasteiger partial charge on any atom is 0.194 e. The fourth-order valence-electron chi connectivity index (χ4n) is 2.63. The molecule has 1 aliphatic rings. The molecule has 19 heavy (non-hydrogen) atoms. The van der Waals surface area contributed by atoms with E-state index in [1.807, 2.05) is 13.0 Å². The summed E-state index contributed by atoms with van der Waals surface area (Å²) in [7, 11) is 0. The van der Waals surface area contributed by atoms with Crippen molar-refractivity contribution < 1.29 is 14.7 Å². The maximum atomic E-state index is 12.4. The minimum absolute atomic E-state index is 0.0888. The van der Waals surface area contributed by atoms with Crippen LogP contribution in [0.25, 0.3) is 11.1 Å². The first-order valence-electron chi connectivity index (χ1n) is 6.01. The lowest BCUT2D eigenvalue weighted by molar-refractivity contribution is -0.254. The minimum Gasteiger partial charge on any atom is -0.545 e. The summed E-state index contributed by atoms with van der Waals surface area (Å²) in [5.74, 6) is -1.36. The van der Waals surface area contributed by atoms with Crippen LogP contribution in [0.1, 0.15) is 37.4 Å². The van der Waals surface area contributed by atoms with Gasteiger partial charge >= 0.3 is 0 Å². The van der Waals surface area contributed by atoms with E-state index in [2.05, 4.69) is 0 Å². The van der Waals surface area contributed by atoms with Crippen LogP contribution in [-0.2, 0) is 0 Å². The fraction of sp³-hybridized carbons (Fsp3) is 0.125. The summed E-state index contributed by atoms with van der Waals surface area (Å²) in [5.41, 5.74) is 4.02. The Morgan fingerprint density at radius 1 is 0.947 bits per heavy atom.